The molecule has 0 aliphatic heterocycles. The number of nitrogens with one attached hydrogen (secondary N) is 1. The Bertz CT molecular complexity index is 623. The Labute approximate surface area is 124 Å². The first-order valence-electron chi connectivity index (χ1n) is 7.06. The summed E-state index contributed by atoms with van der Waals surface area (Å²) < 4.78 is 28.8. The fourth-order valence-corrected chi connectivity index (χ4v) is 4.00. The fourth-order valence-electron chi connectivity index (χ4n) is 2.64. The van der Waals surface area contributed by atoms with Gasteiger partial charge < -0.3 is 15.4 Å². The van der Waals surface area contributed by atoms with Crippen molar-refractivity contribution in [1.82, 2.24) is 9.29 Å². The molecule has 1 aliphatic rings. The molecule has 4 N–H and O–H groups in total. The molecular weight excluding hydrogens is 294 g/mol. The smallest absolute Gasteiger partial charge is 0.352 e. The van der Waals surface area contributed by atoms with Crippen LogP contribution in [0.1, 0.15) is 43.1 Å². The predicted molar refractivity (Wildman–Crippen MR) is 77.6 cm³/mol. The minimum Gasteiger partial charge on any atom is -0.477 e. The molecule has 0 aromatic carbocycles. The lowest BCUT2D eigenvalue weighted by Crippen LogP contribution is -2.49. The van der Waals surface area contributed by atoms with E-state index in [0.29, 0.717) is 13.0 Å². The lowest BCUT2D eigenvalue weighted by Gasteiger charge is -2.28. The molecule has 1 aromatic heterocycles. The molecule has 0 amide bonds. The van der Waals surface area contributed by atoms with Crippen LogP contribution in [0.2, 0.25) is 0 Å². The Morgan fingerprint density at radius 1 is 1.48 bits per heavy atom. The van der Waals surface area contributed by atoms with Crippen molar-refractivity contribution in [2.45, 2.75) is 56.1 Å². The normalized spacial score (nSPS) is 23.1. The van der Waals surface area contributed by atoms with E-state index in [-0.39, 0.29) is 22.7 Å². The van der Waals surface area contributed by atoms with Gasteiger partial charge in [0.1, 0.15) is 10.6 Å². The van der Waals surface area contributed by atoms with Gasteiger partial charge in [-0.15, -0.1) is 0 Å². The summed E-state index contributed by atoms with van der Waals surface area (Å²) in [6.45, 7) is 2.15. The molecule has 21 heavy (non-hydrogen) atoms. The summed E-state index contributed by atoms with van der Waals surface area (Å²) >= 11 is 0. The number of hydrogen-bond acceptors (Lipinski definition) is 4. The molecule has 0 spiro atoms. The Balaban J connectivity index is 2.25. The van der Waals surface area contributed by atoms with E-state index in [1.807, 2.05) is 0 Å². The number of carbonyl (C=O) groups is 1. The van der Waals surface area contributed by atoms with Gasteiger partial charge in [0.25, 0.3) is 0 Å². The van der Waals surface area contributed by atoms with Crippen molar-refractivity contribution < 1.29 is 18.3 Å². The van der Waals surface area contributed by atoms with Crippen LogP contribution in [-0.2, 0) is 16.6 Å². The molecule has 1 heterocycles. The zero-order valence-electron chi connectivity index (χ0n) is 11.9. The average Bonchev–Trinajstić information content (AvgIpc) is 2.86. The highest BCUT2D eigenvalue weighted by Crippen LogP contribution is 2.20. The first-order valence-corrected chi connectivity index (χ1v) is 8.55. The Morgan fingerprint density at radius 2 is 2.14 bits per heavy atom. The molecule has 118 valence electrons. The molecule has 0 saturated heterocycles. The number of aromatic nitrogens is 1. The van der Waals surface area contributed by atoms with Crippen molar-refractivity contribution in [3.63, 3.8) is 0 Å². The third kappa shape index (κ3) is 3.45. The van der Waals surface area contributed by atoms with Crippen molar-refractivity contribution in [2.24, 2.45) is 5.73 Å². The summed E-state index contributed by atoms with van der Waals surface area (Å²) in [6, 6.07) is 0.699. The van der Waals surface area contributed by atoms with Gasteiger partial charge >= 0.3 is 5.97 Å². The van der Waals surface area contributed by atoms with E-state index in [0.717, 1.165) is 19.3 Å². The number of sulfonamides is 1. The lowest BCUT2D eigenvalue weighted by molar-refractivity contribution is 0.0685. The molecular formula is C13H21N3O4S. The molecule has 1 aliphatic carbocycles. The summed E-state index contributed by atoms with van der Waals surface area (Å²) in [6.07, 6.45) is 4.80. The van der Waals surface area contributed by atoms with Gasteiger partial charge in [-0.05, 0) is 25.8 Å². The summed E-state index contributed by atoms with van der Waals surface area (Å²) in [5, 5.41) is 9.08. The monoisotopic (exact) mass is 315 g/mol. The van der Waals surface area contributed by atoms with Gasteiger partial charge in [0, 0.05) is 24.8 Å². The van der Waals surface area contributed by atoms with Gasteiger partial charge in [0.15, 0.2) is 0 Å². The molecule has 7 nitrogen and oxygen atoms in total. The molecule has 8 heteroatoms. The zero-order chi connectivity index (χ0) is 15.6. The number of carboxylic acid groups (broad SMARTS) is 1. The second kappa shape index (κ2) is 6.17. The molecule has 1 saturated carbocycles. The summed E-state index contributed by atoms with van der Waals surface area (Å²) in [5.74, 6) is -1.15. The van der Waals surface area contributed by atoms with Gasteiger partial charge in [-0.25, -0.2) is 17.9 Å². The first kappa shape index (κ1) is 16.0. The largest absolute Gasteiger partial charge is 0.477 e. The highest BCUT2D eigenvalue weighted by molar-refractivity contribution is 7.89. The maximum absolute atomic E-state index is 12.4. The average molecular weight is 315 g/mol. The third-order valence-electron chi connectivity index (χ3n) is 3.87. The molecule has 1 fully saturated rings. The zero-order valence-corrected chi connectivity index (χ0v) is 12.8. The van der Waals surface area contributed by atoms with Crippen LogP contribution in [0.15, 0.2) is 17.2 Å². The van der Waals surface area contributed by atoms with Gasteiger partial charge in [-0.1, -0.05) is 12.8 Å². The van der Waals surface area contributed by atoms with Crippen LogP contribution in [0, 0.1) is 0 Å². The Hall–Kier alpha value is -1.38. The Kier molecular flexibility index (Phi) is 4.70. The van der Waals surface area contributed by atoms with E-state index in [4.69, 9.17) is 10.8 Å². The van der Waals surface area contributed by atoms with Crippen LogP contribution in [0.4, 0.5) is 0 Å². The van der Waals surface area contributed by atoms with E-state index >= 15 is 0 Å². The van der Waals surface area contributed by atoms with Crippen LogP contribution < -0.4 is 10.5 Å². The van der Waals surface area contributed by atoms with Crippen molar-refractivity contribution in [2.75, 3.05) is 0 Å². The van der Waals surface area contributed by atoms with Gasteiger partial charge in [-0.2, -0.15) is 0 Å². The van der Waals surface area contributed by atoms with E-state index in [1.54, 1.807) is 6.92 Å². The molecule has 2 unspecified atom stereocenters. The predicted octanol–water partition coefficient (Wildman–Crippen LogP) is 0.754. The van der Waals surface area contributed by atoms with E-state index in [9.17, 15) is 13.2 Å². The number of rotatable bonds is 5. The van der Waals surface area contributed by atoms with Crippen LogP contribution in [0.3, 0.4) is 0 Å². The number of aryl methyl sites for hydroxylation is 1. The van der Waals surface area contributed by atoms with E-state index < -0.39 is 16.0 Å². The number of carboxylic acids is 1. The van der Waals surface area contributed by atoms with Crippen molar-refractivity contribution >= 4 is 16.0 Å². The van der Waals surface area contributed by atoms with Crippen molar-refractivity contribution in [3.8, 4) is 0 Å². The Morgan fingerprint density at radius 3 is 2.67 bits per heavy atom. The maximum Gasteiger partial charge on any atom is 0.352 e. The lowest BCUT2D eigenvalue weighted by atomic mass is 9.92. The highest BCUT2D eigenvalue weighted by Gasteiger charge is 2.28. The van der Waals surface area contributed by atoms with Crippen LogP contribution >= 0.6 is 0 Å². The number of nitrogens with two attached hydrogens (primary N) is 1. The van der Waals surface area contributed by atoms with Crippen LogP contribution in [-0.4, -0.2) is 36.1 Å². The second-order valence-electron chi connectivity index (χ2n) is 5.33. The van der Waals surface area contributed by atoms with Gasteiger partial charge in [0.2, 0.25) is 10.0 Å². The number of nitrogens with zero attached hydrogens (tertiary/aromatic N) is 1. The van der Waals surface area contributed by atoms with Gasteiger partial charge in [0.05, 0.1) is 0 Å². The second-order valence-corrected chi connectivity index (χ2v) is 7.04. The quantitative estimate of drug-likeness (QED) is 0.742. The molecule has 2 atom stereocenters. The number of hydrogen-bond donors (Lipinski definition) is 3. The van der Waals surface area contributed by atoms with Crippen molar-refractivity contribution in [3.05, 3.63) is 18.0 Å². The van der Waals surface area contributed by atoms with E-state index in [1.165, 1.54) is 16.8 Å². The summed E-state index contributed by atoms with van der Waals surface area (Å²) in [7, 11) is -3.75. The summed E-state index contributed by atoms with van der Waals surface area (Å²) in [5.41, 5.74) is 5.91. The van der Waals surface area contributed by atoms with Gasteiger partial charge in [-0.3, -0.25) is 0 Å². The standard InChI is InChI=1S/C13H21N3O4S/c1-2-16-8-9(7-12(16)13(17)18)21(19,20)15-11-6-4-3-5-10(11)14/h7-8,10-11,15H,2-6,14H2,1H3,(H,17,18). The molecule has 2 rings (SSSR count). The first-order chi connectivity index (χ1) is 9.85. The SMILES string of the molecule is CCn1cc(S(=O)(=O)NC2CCCCC2N)cc1C(=O)O. The topological polar surface area (TPSA) is 114 Å². The maximum atomic E-state index is 12.4. The van der Waals surface area contributed by atoms with Crippen molar-refractivity contribution in [1.29, 1.82) is 0 Å². The summed E-state index contributed by atoms with van der Waals surface area (Å²) in [4.78, 5) is 11.1. The fraction of sp³-hybridized carbons (Fsp3) is 0.615. The minimum absolute atomic E-state index is 0.0282. The van der Waals surface area contributed by atoms with E-state index in [2.05, 4.69) is 4.72 Å². The third-order valence-corrected chi connectivity index (χ3v) is 5.32. The van der Waals surface area contributed by atoms with Crippen LogP contribution in [0.5, 0.6) is 0 Å². The van der Waals surface area contributed by atoms with Crippen LogP contribution in [0.25, 0.3) is 0 Å². The number of aromatic carboxylic acids is 1. The highest BCUT2D eigenvalue weighted by atomic mass is 32.2. The molecule has 1 aromatic rings. The molecule has 0 bridgehead atoms. The minimum atomic E-state index is -3.75. The molecule has 0 radical (unpaired) electrons.